The third kappa shape index (κ3) is 5.51. The fourth-order valence-corrected chi connectivity index (χ4v) is 5.56. The van der Waals surface area contributed by atoms with E-state index >= 15 is 0 Å². The van der Waals surface area contributed by atoms with Gasteiger partial charge in [0.1, 0.15) is 18.0 Å². The number of ether oxygens (including phenoxy) is 1. The predicted molar refractivity (Wildman–Crippen MR) is 151 cm³/mol. The molecular formula is C31H35N5O4. The van der Waals surface area contributed by atoms with E-state index in [0.29, 0.717) is 13.0 Å². The number of carbonyl (C=O) groups excluding carboxylic acids is 3. The molecule has 0 spiro atoms. The molecule has 9 nitrogen and oxygen atoms in total. The SMILES string of the molecule is COc1ccc(CNC(=O)N2[C@H]3CN([C@H](C)c4ccccc4)C(=O)[C@H](Cc4ccccc4)N3C(=O)CN2C)cc1. The van der Waals surface area contributed by atoms with Crippen molar-refractivity contribution in [2.45, 2.75) is 38.1 Å². The number of fused-ring (bicyclic) bond motifs is 1. The maximum absolute atomic E-state index is 14.1. The van der Waals surface area contributed by atoms with Gasteiger partial charge in [0.05, 0.1) is 26.2 Å². The molecule has 0 unspecified atom stereocenters. The van der Waals surface area contributed by atoms with Gasteiger partial charge < -0.3 is 19.9 Å². The first-order chi connectivity index (χ1) is 19.4. The van der Waals surface area contributed by atoms with Gasteiger partial charge in [-0.1, -0.05) is 72.8 Å². The number of hydrogen-bond donors (Lipinski definition) is 1. The molecule has 0 aromatic heterocycles. The number of urea groups is 1. The number of methoxy groups -OCH3 is 1. The number of rotatable bonds is 7. The summed E-state index contributed by atoms with van der Waals surface area (Å²) in [6.07, 6.45) is -0.287. The highest BCUT2D eigenvalue weighted by Crippen LogP contribution is 2.32. The van der Waals surface area contributed by atoms with E-state index in [0.717, 1.165) is 22.4 Å². The number of nitrogens with zero attached hydrogens (tertiary/aromatic N) is 4. The standard InChI is InChI=1S/C31H35N5O4/c1-22(25-12-8-5-9-13-25)34-20-28-35(27(30(34)38)18-23-10-6-4-7-11-23)29(37)21-33(2)36(28)31(39)32-19-24-14-16-26(40-3)17-15-24/h4-17,22,27-28H,18-21H2,1-3H3,(H,32,39)/t22-,27+,28+/m1/s1. The third-order valence-corrected chi connectivity index (χ3v) is 7.72. The Bertz CT molecular complexity index is 1330. The average Bonchev–Trinajstić information content (AvgIpc) is 2.98. The van der Waals surface area contributed by atoms with Gasteiger partial charge in [0.25, 0.3) is 0 Å². The second kappa shape index (κ2) is 11.8. The van der Waals surface area contributed by atoms with Crippen LogP contribution < -0.4 is 10.1 Å². The van der Waals surface area contributed by atoms with Gasteiger partial charge in [-0.05, 0) is 35.7 Å². The largest absolute Gasteiger partial charge is 0.497 e. The molecule has 0 radical (unpaired) electrons. The summed E-state index contributed by atoms with van der Waals surface area (Å²) in [5, 5.41) is 6.23. The minimum absolute atomic E-state index is 0.000730. The first kappa shape index (κ1) is 27.2. The average molecular weight is 542 g/mol. The zero-order valence-corrected chi connectivity index (χ0v) is 23.1. The second-order valence-electron chi connectivity index (χ2n) is 10.2. The molecule has 2 fully saturated rings. The van der Waals surface area contributed by atoms with Gasteiger partial charge in [0, 0.05) is 20.0 Å². The summed E-state index contributed by atoms with van der Waals surface area (Å²) in [6.45, 7) is 2.50. The fourth-order valence-electron chi connectivity index (χ4n) is 5.56. The van der Waals surface area contributed by atoms with Crippen LogP contribution in [0.25, 0.3) is 0 Å². The molecule has 3 aromatic rings. The number of nitrogens with one attached hydrogen (secondary N) is 1. The summed E-state index contributed by atoms with van der Waals surface area (Å²) >= 11 is 0. The van der Waals surface area contributed by atoms with Crippen LogP contribution in [0, 0.1) is 0 Å². The summed E-state index contributed by atoms with van der Waals surface area (Å²) in [4.78, 5) is 44.6. The van der Waals surface area contributed by atoms with Gasteiger partial charge in [-0.25, -0.2) is 14.8 Å². The minimum atomic E-state index is -0.731. The molecule has 3 aromatic carbocycles. The van der Waals surface area contributed by atoms with Crippen molar-refractivity contribution in [3.8, 4) is 5.75 Å². The zero-order valence-electron chi connectivity index (χ0n) is 23.1. The van der Waals surface area contributed by atoms with Crippen molar-refractivity contribution in [3.05, 3.63) is 102 Å². The van der Waals surface area contributed by atoms with Crippen molar-refractivity contribution in [1.29, 1.82) is 0 Å². The highest BCUT2D eigenvalue weighted by molar-refractivity contribution is 5.92. The van der Waals surface area contributed by atoms with Gasteiger partial charge in [-0.15, -0.1) is 0 Å². The molecule has 2 aliphatic heterocycles. The maximum Gasteiger partial charge on any atom is 0.334 e. The highest BCUT2D eigenvalue weighted by Gasteiger charge is 2.51. The van der Waals surface area contributed by atoms with E-state index in [-0.39, 0.29) is 37.0 Å². The van der Waals surface area contributed by atoms with Crippen LogP contribution in [0.2, 0.25) is 0 Å². The Morgan fingerprint density at radius 3 is 2.25 bits per heavy atom. The van der Waals surface area contributed by atoms with E-state index in [1.54, 1.807) is 34.0 Å². The Hall–Kier alpha value is -4.37. The molecule has 0 aliphatic carbocycles. The number of hydrogen-bond acceptors (Lipinski definition) is 5. The first-order valence-electron chi connectivity index (χ1n) is 13.5. The highest BCUT2D eigenvalue weighted by atomic mass is 16.5. The summed E-state index contributed by atoms with van der Waals surface area (Å²) < 4.78 is 5.22. The van der Waals surface area contributed by atoms with Crippen LogP contribution in [-0.2, 0) is 22.6 Å². The molecule has 2 heterocycles. The van der Waals surface area contributed by atoms with E-state index < -0.39 is 12.2 Å². The molecule has 9 heteroatoms. The first-order valence-corrected chi connectivity index (χ1v) is 13.5. The van der Waals surface area contributed by atoms with Crippen LogP contribution >= 0.6 is 0 Å². The summed E-state index contributed by atoms with van der Waals surface area (Å²) in [6, 6.07) is 25.7. The molecule has 2 aliphatic rings. The van der Waals surface area contributed by atoms with Crippen molar-refractivity contribution in [3.63, 3.8) is 0 Å². The summed E-state index contributed by atoms with van der Waals surface area (Å²) in [5.74, 6) is 0.449. The van der Waals surface area contributed by atoms with E-state index in [2.05, 4.69) is 5.32 Å². The lowest BCUT2D eigenvalue weighted by Crippen LogP contribution is -2.76. The van der Waals surface area contributed by atoms with Crippen molar-refractivity contribution >= 4 is 17.8 Å². The Labute approximate surface area is 234 Å². The molecule has 40 heavy (non-hydrogen) atoms. The van der Waals surface area contributed by atoms with Crippen LogP contribution in [0.3, 0.4) is 0 Å². The molecule has 208 valence electrons. The fraction of sp³-hybridized carbons (Fsp3) is 0.323. The third-order valence-electron chi connectivity index (χ3n) is 7.72. The molecule has 5 rings (SSSR count). The van der Waals surface area contributed by atoms with Gasteiger partial charge >= 0.3 is 6.03 Å². The topological polar surface area (TPSA) is 85.4 Å². The van der Waals surface area contributed by atoms with Crippen LogP contribution in [0.4, 0.5) is 4.79 Å². The summed E-state index contributed by atoms with van der Waals surface area (Å²) in [5.41, 5.74) is 2.87. The smallest absolute Gasteiger partial charge is 0.334 e. The van der Waals surface area contributed by atoms with Crippen molar-refractivity contribution in [2.75, 3.05) is 27.2 Å². The van der Waals surface area contributed by atoms with Gasteiger partial charge in [0.15, 0.2) is 0 Å². The van der Waals surface area contributed by atoms with E-state index in [1.807, 2.05) is 91.9 Å². The number of piperazine rings is 1. The second-order valence-corrected chi connectivity index (χ2v) is 10.2. The van der Waals surface area contributed by atoms with E-state index in [1.165, 1.54) is 0 Å². The molecule has 2 saturated heterocycles. The number of likely N-dealkylation sites (N-methyl/N-ethyl adjacent to an activating group) is 1. The molecule has 1 N–H and O–H groups in total. The Morgan fingerprint density at radius 1 is 0.950 bits per heavy atom. The Morgan fingerprint density at radius 2 is 1.60 bits per heavy atom. The molecular weight excluding hydrogens is 506 g/mol. The lowest BCUT2D eigenvalue weighted by molar-refractivity contribution is -0.189. The van der Waals surface area contributed by atoms with Gasteiger partial charge in [-0.3, -0.25) is 9.59 Å². The predicted octanol–water partition coefficient (Wildman–Crippen LogP) is 3.44. The number of benzene rings is 3. The van der Waals surface area contributed by atoms with Gasteiger partial charge in [-0.2, -0.15) is 0 Å². The van der Waals surface area contributed by atoms with E-state index in [9.17, 15) is 14.4 Å². The van der Waals surface area contributed by atoms with Crippen LogP contribution in [0.1, 0.15) is 29.7 Å². The molecule has 3 atom stereocenters. The van der Waals surface area contributed by atoms with E-state index in [4.69, 9.17) is 4.74 Å². The van der Waals surface area contributed by atoms with Crippen LogP contribution in [0.5, 0.6) is 5.75 Å². The Kier molecular flexibility index (Phi) is 8.02. The molecule has 0 saturated carbocycles. The number of hydrazine groups is 1. The number of carbonyl (C=O) groups is 3. The monoisotopic (exact) mass is 541 g/mol. The van der Waals surface area contributed by atoms with Crippen molar-refractivity contribution in [2.24, 2.45) is 0 Å². The normalized spacial score (nSPS) is 20.2. The summed E-state index contributed by atoms with van der Waals surface area (Å²) in [7, 11) is 3.34. The lowest BCUT2D eigenvalue weighted by atomic mass is 9.96. The van der Waals surface area contributed by atoms with Crippen molar-refractivity contribution < 1.29 is 19.1 Å². The van der Waals surface area contributed by atoms with Gasteiger partial charge in [0.2, 0.25) is 11.8 Å². The zero-order chi connectivity index (χ0) is 28.2. The minimum Gasteiger partial charge on any atom is -0.497 e. The Balaban J connectivity index is 1.45. The van der Waals surface area contributed by atoms with Crippen molar-refractivity contribution in [1.82, 2.24) is 25.1 Å². The van der Waals surface area contributed by atoms with Crippen LogP contribution in [0.15, 0.2) is 84.9 Å². The van der Waals surface area contributed by atoms with Crippen LogP contribution in [-0.4, -0.2) is 77.1 Å². The quantitative estimate of drug-likeness (QED) is 0.496. The molecule has 0 bridgehead atoms. The number of amides is 4. The molecule has 4 amide bonds. The lowest BCUT2D eigenvalue weighted by Gasteiger charge is -2.55. The maximum atomic E-state index is 14.1.